The summed E-state index contributed by atoms with van der Waals surface area (Å²) in [6, 6.07) is 1.99. The molecule has 0 radical (unpaired) electrons. The maximum Gasteiger partial charge on any atom is 0.159 e. The Labute approximate surface area is 113 Å². The lowest BCUT2D eigenvalue weighted by molar-refractivity contribution is 0.711. The van der Waals surface area contributed by atoms with Crippen LogP contribution in [0.5, 0.6) is 0 Å². The molecule has 0 aliphatic rings. The number of nitrogens with two attached hydrogens (primary N) is 1. The third-order valence-corrected chi connectivity index (χ3v) is 3.27. The van der Waals surface area contributed by atoms with Crippen molar-refractivity contribution >= 4 is 27.6 Å². The van der Waals surface area contributed by atoms with Crippen LogP contribution < -0.4 is 16.6 Å². The van der Waals surface area contributed by atoms with Crippen molar-refractivity contribution < 1.29 is 0 Å². The number of nitrogens with zero attached hydrogens (tertiary/aromatic N) is 4. The molecule has 0 aliphatic carbocycles. The van der Waals surface area contributed by atoms with Gasteiger partial charge in [0.05, 0.1) is 0 Å². The summed E-state index contributed by atoms with van der Waals surface area (Å²) in [6.07, 6.45) is 4.09. The van der Waals surface area contributed by atoms with E-state index in [0.29, 0.717) is 11.6 Å². The Morgan fingerprint density at radius 3 is 2.83 bits per heavy atom. The zero-order valence-electron chi connectivity index (χ0n) is 9.89. The van der Waals surface area contributed by atoms with E-state index in [1.807, 2.05) is 17.8 Å². The van der Waals surface area contributed by atoms with Gasteiger partial charge < -0.3 is 10.7 Å². The first-order valence-electron chi connectivity index (χ1n) is 5.40. The van der Waals surface area contributed by atoms with E-state index in [-0.39, 0.29) is 0 Å². The van der Waals surface area contributed by atoms with Gasteiger partial charge in [0.15, 0.2) is 5.82 Å². The monoisotopic (exact) mass is 311 g/mol. The van der Waals surface area contributed by atoms with Gasteiger partial charge in [-0.2, -0.15) is 5.10 Å². The average molecular weight is 312 g/mol. The van der Waals surface area contributed by atoms with E-state index >= 15 is 0 Å². The van der Waals surface area contributed by atoms with Crippen LogP contribution in [0.25, 0.3) is 0 Å². The minimum absolute atomic E-state index is 0.549. The first-order chi connectivity index (χ1) is 8.72. The molecule has 0 saturated carbocycles. The van der Waals surface area contributed by atoms with Gasteiger partial charge in [0.25, 0.3) is 0 Å². The highest BCUT2D eigenvalue weighted by molar-refractivity contribution is 9.10. The van der Waals surface area contributed by atoms with Crippen molar-refractivity contribution in [2.45, 2.75) is 6.42 Å². The molecule has 0 bridgehead atoms. The number of halogens is 1. The highest BCUT2D eigenvalue weighted by atomic mass is 79.9. The fraction of sp³-hybridized carbons (Fsp3) is 0.300. The Bertz CT molecular complexity index is 525. The van der Waals surface area contributed by atoms with Gasteiger partial charge in [0.1, 0.15) is 16.6 Å². The Balaban J connectivity index is 1.96. The third kappa shape index (κ3) is 2.77. The molecule has 7 nitrogen and oxygen atoms in total. The molecule has 96 valence electrons. The van der Waals surface area contributed by atoms with E-state index in [4.69, 9.17) is 5.84 Å². The standard InChI is InChI=1S/C10H14BrN7/c1-18-7(3-5-16-18)2-4-13-9-8(11)10(17-12)15-6-14-9/h3,5-6H,2,4,12H2,1H3,(H2,13,14,15,17). The molecule has 2 aromatic rings. The second kappa shape index (κ2) is 5.78. The quantitative estimate of drug-likeness (QED) is 0.561. The highest BCUT2D eigenvalue weighted by Crippen LogP contribution is 2.25. The molecule has 0 spiro atoms. The fourth-order valence-corrected chi connectivity index (χ4v) is 2.01. The number of nitrogen functional groups attached to an aromatic ring is 1. The smallest absolute Gasteiger partial charge is 0.159 e. The third-order valence-electron chi connectivity index (χ3n) is 2.52. The van der Waals surface area contributed by atoms with Gasteiger partial charge in [0, 0.05) is 31.9 Å². The Hall–Kier alpha value is -1.67. The molecule has 0 amide bonds. The summed E-state index contributed by atoms with van der Waals surface area (Å²) in [7, 11) is 1.92. The molecule has 4 N–H and O–H groups in total. The van der Waals surface area contributed by atoms with Crippen molar-refractivity contribution in [1.29, 1.82) is 0 Å². The lowest BCUT2D eigenvalue weighted by atomic mass is 10.3. The van der Waals surface area contributed by atoms with Gasteiger partial charge in [-0.25, -0.2) is 15.8 Å². The van der Waals surface area contributed by atoms with Crippen LogP contribution in [0.2, 0.25) is 0 Å². The highest BCUT2D eigenvalue weighted by Gasteiger charge is 2.07. The minimum atomic E-state index is 0.549. The summed E-state index contributed by atoms with van der Waals surface area (Å²) in [5.41, 5.74) is 3.65. The van der Waals surface area contributed by atoms with Gasteiger partial charge in [-0.15, -0.1) is 0 Å². The largest absolute Gasteiger partial charge is 0.369 e. The van der Waals surface area contributed by atoms with Crippen molar-refractivity contribution in [2.24, 2.45) is 12.9 Å². The maximum absolute atomic E-state index is 5.34. The maximum atomic E-state index is 5.34. The lowest BCUT2D eigenvalue weighted by Gasteiger charge is -2.09. The molecule has 2 rings (SSSR count). The molecule has 0 aliphatic heterocycles. The second-order valence-electron chi connectivity index (χ2n) is 3.65. The van der Waals surface area contributed by atoms with Gasteiger partial charge in [0.2, 0.25) is 0 Å². The van der Waals surface area contributed by atoms with Crippen LogP contribution in [0, 0.1) is 0 Å². The summed E-state index contributed by atoms with van der Waals surface area (Å²) >= 11 is 3.39. The van der Waals surface area contributed by atoms with Crippen LogP contribution in [0.1, 0.15) is 5.69 Å². The predicted molar refractivity (Wildman–Crippen MR) is 72.9 cm³/mol. The summed E-state index contributed by atoms with van der Waals surface area (Å²) in [5.74, 6) is 6.59. The number of hydrazine groups is 1. The molecule has 18 heavy (non-hydrogen) atoms. The molecule has 0 saturated heterocycles. The zero-order chi connectivity index (χ0) is 13.0. The minimum Gasteiger partial charge on any atom is -0.369 e. The summed E-state index contributed by atoms with van der Waals surface area (Å²) in [6.45, 7) is 0.749. The number of aryl methyl sites for hydroxylation is 1. The average Bonchev–Trinajstić information content (AvgIpc) is 2.77. The van der Waals surface area contributed by atoms with Crippen LogP contribution in [0.3, 0.4) is 0 Å². The van der Waals surface area contributed by atoms with E-state index in [9.17, 15) is 0 Å². The van der Waals surface area contributed by atoms with Gasteiger partial charge >= 0.3 is 0 Å². The summed E-state index contributed by atoms with van der Waals surface area (Å²) < 4.78 is 2.57. The van der Waals surface area contributed by atoms with E-state index in [1.165, 1.54) is 6.33 Å². The number of rotatable bonds is 5. The number of hydrogen-bond acceptors (Lipinski definition) is 6. The fourth-order valence-electron chi connectivity index (χ4n) is 1.55. The van der Waals surface area contributed by atoms with Gasteiger partial charge in [-0.1, -0.05) is 0 Å². The molecule has 8 heteroatoms. The second-order valence-corrected chi connectivity index (χ2v) is 4.45. The first kappa shape index (κ1) is 12.8. The van der Waals surface area contributed by atoms with Crippen LogP contribution in [0.15, 0.2) is 23.1 Å². The number of hydrogen-bond donors (Lipinski definition) is 3. The van der Waals surface area contributed by atoms with Crippen molar-refractivity contribution in [2.75, 3.05) is 17.3 Å². The first-order valence-corrected chi connectivity index (χ1v) is 6.19. The van der Waals surface area contributed by atoms with Crippen LogP contribution in [-0.4, -0.2) is 26.3 Å². The normalized spacial score (nSPS) is 10.4. The Kier molecular flexibility index (Phi) is 4.11. The van der Waals surface area contributed by atoms with E-state index in [1.54, 1.807) is 6.20 Å². The molecular formula is C10H14BrN7. The van der Waals surface area contributed by atoms with Crippen LogP contribution in [-0.2, 0) is 13.5 Å². The number of nitrogens with one attached hydrogen (secondary N) is 2. The molecule has 2 aromatic heterocycles. The van der Waals surface area contributed by atoms with Crippen molar-refractivity contribution in [1.82, 2.24) is 19.7 Å². The van der Waals surface area contributed by atoms with E-state index in [2.05, 4.69) is 41.7 Å². The molecule has 0 fully saturated rings. The van der Waals surface area contributed by atoms with Gasteiger partial charge in [-0.05, 0) is 22.0 Å². The predicted octanol–water partition coefficient (Wildman–Crippen LogP) is 0.913. The summed E-state index contributed by atoms with van der Waals surface area (Å²) in [5, 5.41) is 7.33. The molecule has 0 aromatic carbocycles. The summed E-state index contributed by atoms with van der Waals surface area (Å²) in [4.78, 5) is 8.12. The van der Waals surface area contributed by atoms with Crippen molar-refractivity contribution in [3.8, 4) is 0 Å². The van der Waals surface area contributed by atoms with Crippen LogP contribution >= 0.6 is 15.9 Å². The number of aromatic nitrogens is 4. The number of anilines is 2. The van der Waals surface area contributed by atoms with E-state index in [0.717, 1.165) is 23.1 Å². The van der Waals surface area contributed by atoms with Gasteiger partial charge in [-0.3, -0.25) is 4.68 Å². The Morgan fingerprint density at radius 2 is 2.17 bits per heavy atom. The van der Waals surface area contributed by atoms with E-state index < -0.39 is 0 Å². The SMILES string of the molecule is Cn1nccc1CCNc1ncnc(NN)c1Br. The molecule has 0 unspecified atom stereocenters. The Morgan fingerprint density at radius 1 is 1.39 bits per heavy atom. The molecule has 0 atom stereocenters. The van der Waals surface area contributed by atoms with Crippen molar-refractivity contribution in [3.63, 3.8) is 0 Å². The zero-order valence-corrected chi connectivity index (χ0v) is 11.5. The molecular weight excluding hydrogens is 298 g/mol. The molecule has 2 heterocycles. The van der Waals surface area contributed by atoms with Crippen molar-refractivity contribution in [3.05, 3.63) is 28.8 Å². The topological polar surface area (TPSA) is 93.7 Å². The van der Waals surface area contributed by atoms with Crippen LogP contribution in [0.4, 0.5) is 11.6 Å². The lowest BCUT2D eigenvalue weighted by Crippen LogP contribution is -2.13.